The fraction of sp³-hybridized carbons (Fsp3) is 0.462. The molecule has 3 heterocycles. The highest BCUT2D eigenvalue weighted by molar-refractivity contribution is 7.99. The van der Waals surface area contributed by atoms with Crippen LogP contribution in [0.4, 0.5) is 11.5 Å². The molecule has 0 spiro atoms. The second-order valence-electron chi connectivity index (χ2n) is 10.5. The van der Waals surface area contributed by atoms with E-state index in [1.54, 1.807) is 20.0 Å². The van der Waals surface area contributed by atoms with Gasteiger partial charge in [-0.2, -0.15) is 0 Å². The first-order valence-electron chi connectivity index (χ1n) is 12.5. The first-order chi connectivity index (χ1) is 17.6. The number of rotatable bonds is 9. The average Bonchev–Trinajstić information content (AvgIpc) is 3.55. The maximum atomic E-state index is 13.3. The van der Waals surface area contributed by atoms with Crippen LogP contribution in [0.3, 0.4) is 0 Å². The quantitative estimate of drug-likeness (QED) is 0.314. The third-order valence-corrected chi connectivity index (χ3v) is 7.52. The molecule has 2 aromatic heterocycles. The number of carbonyl (C=O) groups excluding carboxylic acids is 2. The topological polar surface area (TPSA) is 138 Å². The van der Waals surface area contributed by atoms with E-state index in [1.165, 1.54) is 29.3 Å². The molecule has 3 aromatic rings. The van der Waals surface area contributed by atoms with Crippen molar-refractivity contribution < 1.29 is 14.7 Å². The second-order valence-corrected chi connectivity index (χ2v) is 11.1. The highest BCUT2D eigenvalue weighted by Crippen LogP contribution is 2.41. The second kappa shape index (κ2) is 9.53. The number of hydrogen-bond donors (Lipinski definition) is 4. The minimum atomic E-state index is -0.894. The van der Waals surface area contributed by atoms with Crippen molar-refractivity contribution in [3.8, 4) is 11.3 Å². The number of benzene rings is 1. The summed E-state index contributed by atoms with van der Waals surface area (Å²) in [5.41, 5.74) is 9.65. The summed E-state index contributed by atoms with van der Waals surface area (Å²) < 4.78 is 4.77. The Morgan fingerprint density at radius 3 is 2.78 bits per heavy atom. The number of nitrogens with one attached hydrogen (secondary N) is 2. The fourth-order valence-corrected chi connectivity index (χ4v) is 5.25. The minimum absolute atomic E-state index is 0.0643. The molecule has 0 bridgehead atoms. The SMILES string of the molecule is CSNc1cc(-c2ccn3nc(N)c(C(=O)NCCC(C)(C)O)c3n2)cc2c1C(=O)N(C(C)C1CC1)C2. The van der Waals surface area contributed by atoms with Crippen LogP contribution in [0.1, 0.15) is 66.3 Å². The molecular weight excluding hydrogens is 490 g/mol. The molecular formula is C26H33N7O3S. The summed E-state index contributed by atoms with van der Waals surface area (Å²) in [4.78, 5) is 33.0. The Bertz CT molecular complexity index is 1380. The van der Waals surface area contributed by atoms with E-state index in [1.807, 2.05) is 29.4 Å². The number of nitrogens with zero attached hydrogens (tertiary/aromatic N) is 4. The van der Waals surface area contributed by atoms with Crippen LogP contribution in [0.2, 0.25) is 0 Å². The van der Waals surface area contributed by atoms with E-state index in [0.29, 0.717) is 35.8 Å². The summed E-state index contributed by atoms with van der Waals surface area (Å²) in [6.07, 6.45) is 6.39. The number of amides is 2. The minimum Gasteiger partial charge on any atom is -0.390 e. The lowest BCUT2D eigenvalue weighted by Gasteiger charge is -2.24. The lowest BCUT2D eigenvalue weighted by Crippen LogP contribution is -2.34. The van der Waals surface area contributed by atoms with Crippen molar-refractivity contribution in [1.29, 1.82) is 0 Å². The fourth-order valence-electron chi connectivity index (χ4n) is 4.87. The number of nitrogens with two attached hydrogens (primary N) is 1. The molecule has 11 heteroatoms. The molecule has 1 aromatic carbocycles. The Balaban J connectivity index is 1.49. The Labute approximate surface area is 220 Å². The monoisotopic (exact) mass is 523 g/mol. The Hall–Kier alpha value is -3.31. The highest BCUT2D eigenvalue weighted by Gasteiger charge is 2.39. The van der Waals surface area contributed by atoms with Gasteiger partial charge in [0.15, 0.2) is 11.5 Å². The summed E-state index contributed by atoms with van der Waals surface area (Å²) in [7, 11) is 0. The van der Waals surface area contributed by atoms with Crippen LogP contribution < -0.4 is 15.8 Å². The summed E-state index contributed by atoms with van der Waals surface area (Å²) in [6.45, 7) is 6.37. The molecule has 0 radical (unpaired) electrons. The molecule has 1 atom stereocenters. The molecule has 0 saturated heterocycles. The first-order valence-corrected chi connectivity index (χ1v) is 13.7. The zero-order valence-corrected chi connectivity index (χ0v) is 22.4. The molecule has 1 aliphatic carbocycles. The maximum absolute atomic E-state index is 13.3. The summed E-state index contributed by atoms with van der Waals surface area (Å²) >= 11 is 1.43. The summed E-state index contributed by atoms with van der Waals surface area (Å²) in [6, 6.07) is 5.98. The zero-order chi connectivity index (χ0) is 26.5. The van der Waals surface area contributed by atoms with E-state index in [2.05, 4.69) is 22.1 Å². The predicted molar refractivity (Wildman–Crippen MR) is 145 cm³/mol. The third kappa shape index (κ3) is 4.97. The van der Waals surface area contributed by atoms with E-state index in [-0.39, 0.29) is 29.9 Å². The molecule has 5 rings (SSSR count). The van der Waals surface area contributed by atoms with E-state index in [4.69, 9.17) is 10.7 Å². The van der Waals surface area contributed by atoms with Gasteiger partial charge in [-0.3, -0.25) is 9.59 Å². The molecule has 1 fully saturated rings. The normalized spacial score (nSPS) is 16.2. The Morgan fingerprint density at radius 1 is 1.35 bits per heavy atom. The van der Waals surface area contributed by atoms with Gasteiger partial charge in [-0.25, -0.2) is 9.50 Å². The smallest absolute Gasteiger partial charge is 0.258 e. The number of hydrogen-bond acceptors (Lipinski definition) is 8. The van der Waals surface area contributed by atoms with Gasteiger partial charge in [-0.05, 0) is 69.7 Å². The van der Waals surface area contributed by atoms with Crippen LogP contribution in [0.5, 0.6) is 0 Å². The summed E-state index contributed by atoms with van der Waals surface area (Å²) in [5.74, 6) is 0.336. The number of anilines is 2. The lowest BCUT2D eigenvalue weighted by atomic mass is 10.0. The number of carbonyl (C=O) groups is 2. The molecule has 2 amide bonds. The number of aromatic nitrogens is 3. The van der Waals surface area contributed by atoms with Crippen LogP contribution in [0, 0.1) is 5.92 Å². The van der Waals surface area contributed by atoms with E-state index in [0.717, 1.165) is 16.8 Å². The van der Waals surface area contributed by atoms with Gasteiger partial charge in [0, 0.05) is 37.1 Å². The Morgan fingerprint density at radius 2 is 2.11 bits per heavy atom. The van der Waals surface area contributed by atoms with E-state index in [9.17, 15) is 14.7 Å². The number of fused-ring (bicyclic) bond motifs is 2. The largest absolute Gasteiger partial charge is 0.390 e. The molecule has 10 nitrogen and oxygen atoms in total. The van der Waals surface area contributed by atoms with Gasteiger partial charge in [0.05, 0.1) is 22.5 Å². The van der Waals surface area contributed by atoms with Crippen LogP contribution in [0.25, 0.3) is 16.9 Å². The highest BCUT2D eigenvalue weighted by atomic mass is 32.2. The first kappa shape index (κ1) is 25.3. The number of aliphatic hydroxyl groups is 1. The number of nitrogen functional groups attached to an aromatic ring is 1. The molecule has 196 valence electrons. The maximum Gasteiger partial charge on any atom is 0.258 e. The summed E-state index contributed by atoms with van der Waals surface area (Å²) in [5, 5.41) is 17.0. The van der Waals surface area contributed by atoms with Gasteiger partial charge in [0.25, 0.3) is 11.8 Å². The van der Waals surface area contributed by atoms with Gasteiger partial charge in [0.1, 0.15) is 5.56 Å². The molecule has 1 unspecified atom stereocenters. The van der Waals surface area contributed by atoms with Crippen molar-refractivity contribution >= 4 is 40.9 Å². The van der Waals surface area contributed by atoms with Gasteiger partial charge >= 0.3 is 0 Å². The van der Waals surface area contributed by atoms with Crippen LogP contribution in [-0.2, 0) is 6.54 Å². The van der Waals surface area contributed by atoms with Gasteiger partial charge in [0.2, 0.25) is 0 Å². The van der Waals surface area contributed by atoms with Crippen molar-refractivity contribution in [2.75, 3.05) is 23.3 Å². The average molecular weight is 524 g/mol. The van der Waals surface area contributed by atoms with Crippen molar-refractivity contribution in [3.05, 3.63) is 41.1 Å². The van der Waals surface area contributed by atoms with Crippen molar-refractivity contribution in [3.63, 3.8) is 0 Å². The van der Waals surface area contributed by atoms with E-state index >= 15 is 0 Å². The zero-order valence-electron chi connectivity index (χ0n) is 21.5. The Kier molecular flexibility index (Phi) is 6.53. The van der Waals surface area contributed by atoms with Crippen molar-refractivity contribution in [2.24, 2.45) is 5.92 Å². The molecule has 37 heavy (non-hydrogen) atoms. The molecule has 1 aliphatic heterocycles. The molecule has 1 saturated carbocycles. The van der Waals surface area contributed by atoms with Gasteiger partial charge < -0.3 is 25.8 Å². The van der Waals surface area contributed by atoms with Crippen molar-refractivity contribution in [2.45, 2.75) is 58.2 Å². The molecule has 5 N–H and O–H groups in total. The van der Waals surface area contributed by atoms with Crippen LogP contribution >= 0.6 is 11.9 Å². The van der Waals surface area contributed by atoms with Crippen LogP contribution in [-0.4, -0.2) is 60.9 Å². The standard InChI is InChI=1S/C26H33N7O3S/c1-14(15-5-6-15)32-13-17-11-16(12-19(31-37-4)20(17)25(32)35)18-7-10-33-23(29-18)21(22(27)30-33)24(34)28-9-8-26(2,3)36/h7,10-12,14-15,31,36H,5-6,8-9,13H2,1-4H3,(H2,27,30)(H,28,34). The predicted octanol–water partition coefficient (Wildman–Crippen LogP) is 3.31. The van der Waals surface area contributed by atoms with Crippen molar-refractivity contribution in [1.82, 2.24) is 24.8 Å². The molecule has 2 aliphatic rings. The van der Waals surface area contributed by atoms with Crippen LogP contribution in [0.15, 0.2) is 24.4 Å². The van der Waals surface area contributed by atoms with Gasteiger partial charge in [-0.15, -0.1) is 5.10 Å². The third-order valence-electron chi connectivity index (χ3n) is 7.10. The van der Waals surface area contributed by atoms with E-state index < -0.39 is 11.5 Å². The lowest BCUT2D eigenvalue weighted by molar-refractivity contribution is 0.0686. The van der Waals surface area contributed by atoms with Gasteiger partial charge in [-0.1, -0.05) is 11.9 Å².